The Labute approximate surface area is 182 Å². The molecule has 0 saturated carbocycles. The van der Waals surface area contributed by atoms with Crippen molar-refractivity contribution in [1.82, 2.24) is 9.62 Å². The van der Waals surface area contributed by atoms with Gasteiger partial charge < -0.3 is 14.8 Å². The van der Waals surface area contributed by atoms with Crippen molar-refractivity contribution in [1.29, 1.82) is 0 Å². The summed E-state index contributed by atoms with van der Waals surface area (Å²) in [6, 6.07) is 13.3. The second-order valence-electron chi connectivity index (χ2n) is 6.85. The fraction of sp³-hybridized carbons (Fsp3) is 0.381. The minimum atomic E-state index is -3.45. The summed E-state index contributed by atoms with van der Waals surface area (Å²) in [6.45, 7) is 1.53. The van der Waals surface area contributed by atoms with E-state index in [9.17, 15) is 13.2 Å². The lowest BCUT2D eigenvalue weighted by Gasteiger charge is -2.25. The van der Waals surface area contributed by atoms with Crippen molar-refractivity contribution >= 4 is 27.5 Å². The average Bonchev–Trinajstić information content (AvgIpc) is 2.77. The SMILES string of the molecule is O=C(COc1ccccc1Cl)NCCOc1ccc(S(=O)(=O)N2CCCCC2)cc1. The molecule has 0 aliphatic carbocycles. The first-order valence-electron chi connectivity index (χ1n) is 9.84. The largest absolute Gasteiger partial charge is 0.492 e. The van der Waals surface area contributed by atoms with Gasteiger partial charge in [-0.1, -0.05) is 30.2 Å². The highest BCUT2D eigenvalue weighted by molar-refractivity contribution is 7.89. The van der Waals surface area contributed by atoms with Crippen LogP contribution in [0.15, 0.2) is 53.4 Å². The van der Waals surface area contributed by atoms with E-state index in [-0.39, 0.29) is 24.0 Å². The fourth-order valence-electron chi connectivity index (χ4n) is 3.08. The minimum Gasteiger partial charge on any atom is -0.492 e. The lowest BCUT2D eigenvalue weighted by Crippen LogP contribution is -2.35. The van der Waals surface area contributed by atoms with Gasteiger partial charge in [-0.3, -0.25) is 4.79 Å². The summed E-state index contributed by atoms with van der Waals surface area (Å²) in [4.78, 5) is 12.1. The fourth-order valence-corrected chi connectivity index (χ4v) is 4.78. The zero-order valence-corrected chi connectivity index (χ0v) is 18.1. The highest BCUT2D eigenvalue weighted by Crippen LogP contribution is 2.23. The third kappa shape index (κ3) is 6.10. The maximum atomic E-state index is 12.6. The number of para-hydroxylation sites is 1. The number of nitrogens with zero attached hydrogens (tertiary/aromatic N) is 1. The molecule has 0 bridgehead atoms. The zero-order chi connectivity index (χ0) is 21.4. The van der Waals surface area contributed by atoms with Crippen molar-refractivity contribution in [2.75, 3.05) is 32.8 Å². The van der Waals surface area contributed by atoms with Gasteiger partial charge in [-0.25, -0.2) is 8.42 Å². The topological polar surface area (TPSA) is 84.9 Å². The van der Waals surface area contributed by atoms with Crippen molar-refractivity contribution < 1.29 is 22.7 Å². The van der Waals surface area contributed by atoms with E-state index in [2.05, 4.69) is 5.32 Å². The van der Waals surface area contributed by atoms with Gasteiger partial charge in [0.05, 0.1) is 16.5 Å². The quantitative estimate of drug-likeness (QED) is 0.591. The first-order chi connectivity index (χ1) is 14.5. The summed E-state index contributed by atoms with van der Waals surface area (Å²) in [7, 11) is -3.45. The van der Waals surface area contributed by atoms with Crippen LogP contribution in [0.1, 0.15) is 19.3 Å². The Kier molecular flexibility index (Phi) is 7.95. The number of amides is 1. The Morgan fingerprint density at radius 3 is 2.40 bits per heavy atom. The number of benzene rings is 2. The van der Waals surface area contributed by atoms with Gasteiger partial charge in [0.2, 0.25) is 10.0 Å². The van der Waals surface area contributed by atoms with Crippen molar-refractivity contribution in [3.8, 4) is 11.5 Å². The molecule has 1 saturated heterocycles. The monoisotopic (exact) mass is 452 g/mol. The van der Waals surface area contributed by atoms with Crippen LogP contribution >= 0.6 is 11.6 Å². The smallest absolute Gasteiger partial charge is 0.258 e. The molecular formula is C21H25ClN2O5S. The van der Waals surface area contributed by atoms with Crippen LogP contribution in [-0.4, -0.2) is 51.5 Å². The first kappa shape index (κ1) is 22.4. The molecule has 0 atom stereocenters. The molecule has 0 unspecified atom stereocenters. The molecule has 1 aliphatic heterocycles. The molecule has 3 rings (SSSR count). The summed E-state index contributed by atoms with van der Waals surface area (Å²) in [5.41, 5.74) is 0. The highest BCUT2D eigenvalue weighted by atomic mass is 35.5. The number of hydrogen-bond acceptors (Lipinski definition) is 5. The number of sulfonamides is 1. The van der Waals surface area contributed by atoms with Crippen LogP contribution in [0, 0.1) is 0 Å². The second-order valence-corrected chi connectivity index (χ2v) is 9.20. The Hall–Kier alpha value is -2.29. The molecule has 0 spiro atoms. The van der Waals surface area contributed by atoms with E-state index in [1.807, 2.05) is 0 Å². The molecule has 1 amide bonds. The van der Waals surface area contributed by atoms with E-state index in [4.69, 9.17) is 21.1 Å². The molecule has 9 heteroatoms. The Bertz CT molecular complexity index is 944. The van der Waals surface area contributed by atoms with Crippen molar-refractivity contribution in [2.45, 2.75) is 24.2 Å². The third-order valence-electron chi connectivity index (χ3n) is 4.66. The molecule has 0 aromatic heterocycles. The van der Waals surface area contributed by atoms with Gasteiger partial charge in [0.15, 0.2) is 6.61 Å². The van der Waals surface area contributed by atoms with Crippen LogP contribution in [0.25, 0.3) is 0 Å². The number of rotatable bonds is 9. The van der Waals surface area contributed by atoms with Crippen LogP contribution < -0.4 is 14.8 Å². The van der Waals surface area contributed by atoms with E-state index in [0.29, 0.717) is 36.2 Å². The minimum absolute atomic E-state index is 0.146. The molecule has 2 aromatic rings. The Balaban J connectivity index is 1.40. The first-order valence-corrected chi connectivity index (χ1v) is 11.7. The molecule has 162 valence electrons. The number of carbonyl (C=O) groups excluding carboxylic acids is 1. The maximum absolute atomic E-state index is 12.6. The number of carbonyl (C=O) groups is 1. The maximum Gasteiger partial charge on any atom is 0.258 e. The normalized spacial score (nSPS) is 14.8. The van der Waals surface area contributed by atoms with Gasteiger partial charge in [0, 0.05) is 13.1 Å². The predicted octanol–water partition coefficient (Wildman–Crippen LogP) is 3.09. The molecule has 1 fully saturated rings. The second kappa shape index (κ2) is 10.7. The predicted molar refractivity (Wildman–Crippen MR) is 115 cm³/mol. The van der Waals surface area contributed by atoms with E-state index in [0.717, 1.165) is 19.3 Å². The molecule has 1 aliphatic rings. The molecule has 30 heavy (non-hydrogen) atoms. The molecule has 0 radical (unpaired) electrons. The number of halogens is 1. The molecule has 7 nitrogen and oxygen atoms in total. The summed E-state index contributed by atoms with van der Waals surface area (Å²) in [5, 5.41) is 3.13. The Morgan fingerprint density at radius 1 is 1.00 bits per heavy atom. The summed E-state index contributed by atoms with van der Waals surface area (Å²) < 4.78 is 37.7. The van der Waals surface area contributed by atoms with Gasteiger partial charge in [0.1, 0.15) is 18.1 Å². The van der Waals surface area contributed by atoms with E-state index in [1.165, 1.54) is 4.31 Å². The standard InChI is InChI=1S/C21H25ClN2O5S/c22-19-6-2-3-7-20(19)29-16-21(25)23-12-15-28-17-8-10-18(11-9-17)30(26,27)24-13-4-1-5-14-24/h2-3,6-11H,1,4-5,12-16H2,(H,23,25). The van der Waals surface area contributed by atoms with Gasteiger partial charge in [0.25, 0.3) is 5.91 Å². The lowest BCUT2D eigenvalue weighted by molar-refractivity contribution is -0.123. The van der Waals surface area contributed by atoms with Crippen molar-refractivity contribution in [3.05, 3.63) is 53.6 Å². The number of piperidine rings is 1. The van der Waals surface area contributed by atoms with Crippen LogP contribution in [0.3, 0.4) is 0 Å². The van der Waals surface area contributed by atoms with Gasteiger partial charge >= 0.3 is 0 Å². The van der Waals surface area contributed by atoms with Crippen LogP contribution in [0.5, 0.6) is 11.5 Å². The Morgan fingerprint density at radius 2 is 1.70 bits per heavy atom. The lowest BCUT2D eigenvalue weighted by atomic mass is 10.2. The van der Waals surface area contributed by atoms with Crippen molar-refractivity contribution in [2.24, 2.45) is 0 Å². The summed E-state index contributed by atoms with van der Waals surface area (Å²) >= 11 is 5.97. The summed E-state index contributed by atoms with van der Waals surface area (Å²) in [6.07, 6.45) is 2.87. The molecule has 2 aromatic carbocycles. The van der Waals surface area contributed by atoms with Gasteiger partial charge in [-0.2, -0.15) is 4.31 Å². The van der Waals surface area contributed by atoms with Crippen LogP contribution in [-0.2, 0) is 14.8 Å². The summed E-state index contributed by atoms with van der Waals surface area (Å²) in [5.74, 6) is 0.695. The molecule has 1 heterocycles. The highest BCUT2D eigenvalue weighted by Gasteiger charge is 2.25. The number of hydrogen-bond donors (Lipinski definition) is 1. The average molecular weight is 453 g/mol. The van der Waals surface area contributed by atoms with Crippen LogP contribution in [0.2, 0.25) is 5.02 Å². The van der Waals surface area contributed by atoms with E-state index >= 15 is 0 Å². The van der Waals surface area contributed by atoms with E-state index < -0.39 is 10.0 Å². The zero-order valence-electron chi connectivity index (χ0n) is 16.6. The number of ether oxygens (including phenoxy) is 2. The third-order valence-corrected chi connectivity index (χ3v) is 6.89. The van der Waals surface area contributed by atoms with Crippen molar-refractivity contribution in [3.63, 3.8) is 0 Å². The molecular weight excluding hydrogens is 428 g/mol. The van der Waals surface area contributed by atoms with Gasteiger partial charge in [-0.05, 0) is 49.2 Å². The number of nitrogens with one attached hydrogen (secondary N) is 1. The van der Waals surface area contributed by atoms with Gasteiger partial charge in [-0.15, -0.1) is 0 Å². The van der Waals surface area contributed by atoms with Crippen LogP contribution in [0.4, 0.5) is 0 Å². The van der Waals surface area contributed by atoms with E-state index in [1.54, 1.807) is 48.5 Å². The molecule has 1 N–H and O–H groups in total.